The number of alkyl halides is 1. The smallest absolute Gasteiger partial charge is 0.407 e. The standard InChI is InChI=1S/C13H22FNO4/c1-8-5-6-9(13(14,7-8)10(16)17)15-11(18)19-12(2,3)4/h8-9H,5-7H2,1-4H3,(H,15,18)(H,16,17). The van der Waals surface area contributed by atoms with Crippen molar-refractivity contribution in [2.45, 2.75) is 64.3 Å². The van der Waals surface area contributed by atoms with Crippen LogP contribution in [-0.2, 0) is 9.53 Å². The lowest BCUT2D eigenvalue weighted by atomic mass is 9.76. The van der Waals surface area contributed by atoms with E-state index >= 15 is 0 Å². The maximum absolute atomic E-state index is 14.5. The van der Waals surface area contributed by atoms with Gasteiger partial charge in [0.15, 0.2) is 0 Å². The molecule has 5 nitrogen and oxygen atoms in total. The minimum atomic E-state index is -2.42. The van der Waals surface area contributed by atoms with Crippen LogP contribution in [0, 0.1) is 5.92 Å². The Labute approximate surface area is 112 Å². The molecule has 19 heavy (non-hydrogen) atoms. The van der Waals surface area contributed by atoms with E-state index in [4.69, 9.17) is 9.84 Å². The van der Waals surface area contributed by atoms with Gasteiger partial charge in [-0.05, 0) is 46.0 Å². The maximum Gasteiger partial charge on any atom is 0.407 e. The van der Waals surface area contributed by atoms with Crippen LogP contribution in [0.4, 0.5) is 9.18 Å². The average Bonchev–Trinajstić information content (AvgIpc) is 2.19. The molecular weight excluding hydrogens is 253 g/mol. The van der Waals surface area contributed by atoms with Gasteiger partial charge in [-0.25, -0.2) is 14.0 Å². The first-order valence-electron chi connectivity index (χ1n) is 6.46. The average molecular weight is 275 g/mol. The van der Waals surface area contributed by atoms with Crippen LogP contribution in [0.2, 0.25) is 0 Å². The number of hydrogen-bond donors (Lipinski definition) is 2. The zero-order valence-corrected chi connectivity index (χ0v) is 11.8. The number of hydrogen-bond acceptors (Lipinski definition) is 3. The van der Waals surface area contributed by atoms with Crippen molar-refractivity contribution in [3.63, 3.8) is 0 Å². The summed E-state index contributed by atoms with van der Waals surface area (Å²) in [6.45, 7) is 6.88. The molecule has 3 unspecified atom stereocenters. The van der Waals surface area contributed by atoms with E-state index in [0.29, 0.717) is 12.8 Å². The predicted octanol–water partition coefficient (Wildman–Crippen LogP) is 2.49. The van der Waals surface area contributed by atoms with Gasteiger partial charge in [-0.3, -0.25) is 0 Å². The van der Waals surface area contributed by atoms with Crippen LogP contribution in [-0.4, -0.2) is 34.5 Å². The van der Waals surface area contributed by atoms with Crippen LogP contribution in [0.15, 0.2) is 0 Å². The van der Waals surface area contributed by atoms with Gasteiger partial charge in [0.1, 0.15) is 5.60 Å². The van der Waals surface area contributed by atoms with Crippen LogP contribution in [0.1, 0.15) is 47.0 Å². The highest BCUT2D eigenvalue weighted by Crippen LogP contribution is 2.36. The number of halogens is 1. The van der Waals surface area contributed by atoms with Crippen LogP contribution in [0.5, 0.6) is 0 Å². The quantitative estimate of drug-likeness (QED) is 0.811. The third-order valence-electron chi connectivity index (χ3n) is 3.19. The summed E-state index contributed by atoms with van der Waals surface area (Å²) in [5.74, 6) is -1.54. The fraction of sp³-hybridized carbons (Fsp3) is 0.846. The first kappa shape index (κ1) is 15.7. The first-order chi connectivity index (χ1) is 8.54. The molecular formula is C13H22FNO4. The number of ether oxygens (including phenoxy) is 1. The van der Waals surface area contributed by atoms with Crippen LogP contribution in [0.3, 0.4) is 0 Å². The van der Waals surface area contributed by atoms with Gasteiger partial charge < -0.3 is 15.2 Å². The molecule has 6 heteroatoms. The topological polar surface area (TPSA) is 75.6 Å². The molecule has 1 rings (SSSR count). The molecule has 2 N–H and O–H groups in total. The number of alkyl carbamates (subject to hydrolysis) is 1. The van der Waals surface area contributed by atoms with Gasteiger partial charge in [0.05, 0.1) is 6.04 Å². The van der Waals surface area contributed by atoms with E-state index < -0.39 is 29.4 Å². The molecule has 0 saturated heterocycles. The van der Waals surface area contributed by atoms with Crippen molar-refractivity contribution in [3.8, 4) is 0 Å². The zero-order valence-electron chi connectivity index (χ0n) is 11.8. The summed E-state index contributed by atoms with van der Waals surface area (Å²) in [5, 5.41) is 11.4. The summed E-state index contributed by atoms with van der Waals surface area (Å²) in [6.07, 6.45) is 0.0983. The van der Waals surface area contributed by atoms with Gasteiger partial charge in [-0.15, -0.1) is 0 Å². The number of carbonyl (C=O) groups excluding carboxylic acids is 1. The molecule has 3 atom stereocenters. The van der Waals surface area contributed by atoms with E-state index in [1.165, 1.54) is 0 Å². The van der Waals surface area contributed by atoms with Gasteiger partial charge in [-0.2, -0.15) is 0 Å². The molecule has 0 aromatic carbocycles. The highest BCUT2D eigenvalue weighted by molar-refractivity contribution is 5.80. The Hall–Kier alpha value is -1.33. The largest absolute Gasteiger partial charge is 0.479 e. The molecule has 0 heterocycles. The number of carboxylic acids is 1. The van der Waals surface area contributed by atoms with Crippen molar-refractivity contribution in [2.24, 2.45) is 5.92 Å². The van der Waals surface area contributed by atoms with Gasteiger partial charge in [0.2, 0.25) is 5.67 Å². The second-order valence-corrected chi connectivity index (χ2v) is 6.25. The number of carboxylic acid groups (broad SMARTS) is 1. The summed E-state index contributed by atoms with van der Waals surface area (Å²) < 4.78 is 19.6. The molecule has 1 aliphatic rings. The van der Waals surface area contributed by atoms with Crippen LogP contribution >= 0.6 is 0 Å². The second kappa shape index (κ2) is 5.35. The third kappa shape index (κ3) is 4.08. The van der Waals surface area contributed by atoms with Crippen molar-refractivity contribution in [2.75, 3.05) is 0 Å². The molecule has 0 bridgehead atoms. The highest BCUT2D eigenvalue weighted by Gasteiger charge is 2.51. The molecule has 1 amide bonds. The number of aliphatic carboxylic acids is 1. The molecule has 110 valence electrons. The molecule has 0 aromatic rings. The number of rotatable bonds is 2. The number of nitrogens with one attached hydrogen (secondary N) is 1. The molecule has 1 fully saturated rings. The van der Waals surface area contributed by atoms with Crippen molar-refractivity contribution in [1.29, 1.82) is 0 Å². The second-order valence-electron chi connectivity index (χ2n) is 6.25. The normalized spacial score (nSPS) is 31.6. The van der Waals surface area contributed by atoms with Crippen molar-refractivity contribution in [3.05, 3.63) is 0 Å². The third-order valence-corrected chi connectivity index (χ3v) is 3.19. The lowest BCUT2D eigenvalue weighted by molar-refractivity contribution is -0.156. The summed E-state index contributed by atoms with van der Waals surface area (Å²) in [4.78, 5) is 22.8. The summed E-state index contributed by atoms with van der Waals surface area (Å²) >= 11 is 0. The Morgan fingerprint density at radius 2 is 1.95 bits per heavy atom. The molecule has 0 aromatic heterocycles. The molecule has 0 spiro atoms. The Bertz CT molecular complexity index is 366. The SMILES string of the molecule is CC1CCC(NC(=O)OC(C)(C)C)C(F)(C(=O)O)C1. The van der Waals surface area contributed by atoms with Crippen molar-refractivity contribution >= 4 is 12.1 Å². The van der Waals surface area contributed by atoms with Gasteiger partial charge >= 0.3 is 12.1 Å². The maximum atomic E-state index is 14.5. The lowest BCUT2D eigenvalue weighted by Gasteiger charge is -2.37. The van der Waals surface area contributed by atoms with Gasteiger partial charge in [0.25, 0.3) is 0 Å². The van der Waals surface area contributed by atoms with Crippen LogP contribution < -0.4 is 5.32 Å². The number of carbonyl (C=O) groups is 2. The van der Waals surface area contributed by atoms with Gasteiger partial charge in [-0.1, -0.05) is 6.92 Å². The van der Waals surface area contributed by atoms with Gasteiger partial charge in [0, 0.05) is 0 Å². The van der Waals surface area contributed by atoms with E-state index in [1.807, 2.05) is 0 Å². The molecule has 0 radical (unpaired) electrons. The zero-order chi connectivity index (χ0) is 14.8. The Kier molecular flexibility index (Phi) is 4.43. The molecule has 1 aliphatic carbocycles. The van der Waals surface area contributed by atoms with E-state index in [2.05, 4.69) is 5.32 Å². The summed E-state index contributed by atoms with van der Waals surface area (Å²) in [5.41, 5.74) is -3.12. The Morgan fingerprint density at radius 1 is 1.37 bits per heavy atom. The monoisotopic (exact) mass is 275 g/mol. The summed E-state index contributed by atoms with van der Waals surface area (Å²) in [7, 11) is 0. The minimum absolute atomic E-state index is 0.0159. The predicted molar refractivity (Wildman–Crippen MR) is 67.6 cm³/mol. The molecule has 1 saturated carbocycles. The minimum Gasteiger partial charge on any atom is -0.479 e. The Balaban J connectivity index is 2.75. The van der Waals surface area contributed by atoms with Crippen molar-refractivity contribution in [1.82, 2.24) is 5.32 Å². The lowest BCUT2D eigenvalue weighted by Crippen LogP contribution is -2.58. The van der Waals surface area contributed by atoms with Crippen LogP contribution in [0.25, 0.3) is 0 Å². The van der Waals surface area contributed by atoms with E-state index in [1.54, 1.807) is 27.7 Å². The van der Waals surface area contributed by atoms with E-state index in [0.717, 1.165) is 0 Å². The summed E-state index contributed by atoms with van der Waals surface area (Å²) in [6, 6.07) is -1.05. The molecule has 0 aliphatic heterocycles. The van der Waals surface area contributed by atoms with Crippen molar-refractivity contribution < 1.29 is 23.8 Å². The first-order valence-corrected chi connectivity index (χ1v) is 6.46. The number of amides is 1. The fourth-order valence-corrected chi connectivity index (χ4v) is 2.30. The fourth-order valence-electron chi connectivity index (χ4n) is 2.30. The highest BCUT2D eigenvalue weighted by atomic mass is 19.1. The van der Waals surface area contributed by atoms with E-state index in [9.17, 15) is 14.0 Å². The van der Waals surface area contributed by atoms with E-state index in [-0.39, 0.29) is 12.3 Å². The Morgan fingerprint density at radius 3 is 2.42 bits per heavy atom.